The fourth-order valence-electron chi connectivity index (χ4n) is 5.56. The van der Waals surface area contributed by atoms with Gasteiger partial charge in [0.25, 0.3) is 5.91 Å². The number of carbonyl (C=O) groups is 2. The highest BCUT2D eigenvalue weighted by Crippen LogP contribution is 2.38. The predicted octanol–water partition coefficient (Wildman–Crippen LogP) is 4.50. The van der Waals surface area contributed by atoms with E-state index in [0.29, 0.717) is 36.7 Å². The molecule has 3 aromatic heterocycles. The Morgan fingerprint density at radius 3 is 2.85 bits per heavy atom. The number of rotatable bonds is 3. The van der Waals surface area contributed by atoms with E-state index in [1.807, 2.05) is 29.0 Å². The normalized spacial score (nSPS) is 20.2. The van der Waals surface area contributed by atoms with Crippen LogP contribution < -0.4 is 16.4 Å². The molecule has 4 N–H and O–H groups in total. The minimum absolute atomic E-state index is 0.00542. The van der Waals surface area contributed by atoms with E-state index in [1.54, 1.807) is 18.3 Å². The molecule has 2 atom stereocenters. The molecule has 1 fully saturated rings. The number of ether oxygens (including phenoxy) is 1. The van der Waals surface area contributed by atoms with Gasteiger partial charge in [0.05, 0.1) is 30.2 Å². The molecule has 0 radical (unpaired) electrons. The zero-order chi connectivity index (χ0) is 28.3. The molecule has 0 spiro atoms. The third kappa shape index (κ3) is 5.66. The van der Waals surface area contributed by atoms with Gasteiger partial charge in [-0.2, -0.15) is 5.10 Å². The Morgan fingerprint density at radius 2 is 2.02 bits per heavy atom. The molecule has 11 heteroatoms. The van der Waals surface area contributed by atoms with Crippen LogP contribution in [0, 0.1) is 5.82 Å². The Bertz CT molecular complexity index is 1630. The van der Waals surface area contributed by atoms with Crippen LogP contribution in [0.2, 0.25) is 0 Å². The number of nitrogen functional groups attached to an aromatic ring is 1. The zero-order valence-corrected chi connectivity index (χ0v) is 22.3. The van der Waals surface area contributed by atoms with Crippen LogP contribution in [-0.2, 0) is 9.53 Å². The summed E-state index contributed by atoms with van der Waals surface area (Å²) in [5, 5.41) is 11.6. The van der Waals surface area contributed by atoms with E-state index in [1.165, 1.54) is 12.3 Å². The van der Waals surface area contributed by atoms with Gasteiger partial charge >= 0.3 is 0 Å². The van der Waals surface area contributed by atoms with Crippen molar-refractivity contribution in [3.8, 4) is 11.3 Å². The maximum Gasteiger partial charge on any atom is 0.256 e. The van der Waals surface area contributed by atoms with Crippen molar-refractivity contribution >= 4 is 40.4 Å². The molecule has 2 bridgehead atoms. The summed E-state index contributed by atoms with van der Waals surface area (Å²) >= 11 is 0. The molecule has 1 saturated carbocycles. The van der Waals surface area contributed by atoms with E-state index in [-0.39, 0.29) is 23.8 Å². The Labute approximate surface area is 235 Å². The number of aromatic nitrogens is 4. The lowest BCUT2D eigenvalue weighted by atomic mass is 9.90. The number of carbonyl (C=O) groups excluding carboxylic acids is 2. The number of amides is 2. The number of fused-ring (bicyclic) bond motifs is 3. The summed E-state index contributed by atoms with van der Waals surface area (Å²) in [5.74, 6) is -0.412. The number of benzene rings is 1. The van der Waals surface area contributed by atoms with Gasteiger partial charge in [-0.15, -0.1) is 0 Å². The summed E-state index contributed by atoms with van der Waals surface area (Å²) in [4.78, 5) is 33.7. The van der Waals surface area contributed by atoms with Gasteiger partial charge in [-0.25, -0.2) is 14.4 Å². The van der Waals surface area contributed by atoms with Gasteiger partial charge < -0.3 is 21.1 Å². The first-order valence-electron chi connectivity index (χ1n) is 13.7. The molecule has 41 heavy (non-hydrogen) atoms. The Morgan fingerprint density at radius 1 is 1.17 bits per heavy atom. The number of hydrogen-bond acceptors (Lipinski definition) is 7. The predicted molar refractivity (Wildman–Crippen MR) is 153 cm³/mol. The van der Waals surface area contributed by atoms with Crippen LogP contribution in [0.25, 0.3) is 28.2 Å². The number of nitrogens with one attached hydrogen (secondary N) is 2. The van der Waals surface area contributed by atoms with Crippen LogP contribution in [0.1, 0.15) is 54.1 Å². The molecular formula is C30H30FN7O3. The largest absolute Gasteiger partial charge is 0.383 e. The number of nitrogens with two attached hydrogens (primary N) is 1. The smallest absolute Gasteiger partial charge is 0.256 e. The maximum absolute atomic E-state index is 13.5. The van der Waals surface area contributed by atoms with E-state index >= 15 is 0 Å². The molecule has 2 aliphatic rings. The van der Waals surface area contributed by atoms with Crippen LogP contribution >= 0.6 is 0 Å². The van der Waals surface area contributed by atoms with Crippen LogP contribution in [0.15, 0.2) is 54.9 Å². The van der Waals surface area contributed by atoms with Crippen molar-refractivity contribution in [2.24, 2.45) is 0 Å². The number of pyridine rings is 2. The highest BCUT2D eigenvalue weighted by molar-refractivity contribution is 6.06. The average molecular weight is 556 g/mol. The third-order valence-electron chi connectivity index (χ3n) is 7.51. The lowest BCUT2D eigenvalue weighted by Crippen LogP contribution is -2.39. The molecule has 10 nitrogen and oxygen atoms in total. The molecule has 4 aromatic rings. The van der Waals surface area contributed by atoms with Crippen molar-refractivity contribution in [1.82, 2.24) is 25.1 Å². The highest BCUT2D eigenvalue weighted by atomic mass is 19.1. The van der Waals surface area contributed by atoms with E-state index in [9.17, 15) is 14.0 Å². The van der Waals surface area contributed by atoms with Crippen molar-refractivity contribution in [3.05, 3.63) is 71.8 Å². The van der Waals surface area contributed by atoms with Crippen LogP contribution in [0.5, 0.6) is 0 Å². The van der Waals surface area contributed by atoms with E-state index < -0.39 is 11.7 Å². The minimum Gasteiger partial charge on any atom is -0.383 e. The maximum atomic E-state index is 13.5. The second-order valence-corrected chi connectivity index (χ2v) is 10.3. The van der Waals surface area contributed by atoms with E-state index in [2.05, 4.69) is 20.6 Å². The van der Waals surface area contributed by atoms with Crippen molar-refractivity contribution in [2.75, 3.05) is 24.3 Å². The standard InChI is InChI=1S/C30H30FN7O3/c31-21-10-12-33-24(15-21)36-30(40)19-8-6-18(7-9-19)27-26-28-20(17-34-29(26)32)3-2-13-41-14-11-25(39)35-22-4-1-5-23(16-22)38(28)37-27/h2-3,6-10,12,15,17,22-23H,1,4-5,11,13-14,16H2,(H2,32,34)(H,35,39)(H,33,36,40)/b3-2+/t22-,23-/m1/s1. The number of anilines is 2. The molecule has 1 aliphatic heterocycles. The second-order valence-electron chi connectivity index (χ2n) is 10.3. The summed E-state index contributed by atoms with van der Waals surface area (Å²) in [7, 11) is 0. The number of hydrogen-bond donors (Lipinski definition) is 3. The summed E-state index contributed by atoms with van der Waals surface area (Å²) < 4.78 is 21.2. The van der Waals surface area contributed by atoms with Crippen molar-refractivity contribution in [2.45, 2.75) is 44.2 Å². The van der Waals surface area contributed by atoms with E-state index in [0.717, 1.165) is 53.8 Å². The second kappa shape index (κ2) is 11.5. The summed E-state index contributed by atoms with van der Waals surface area (Å²) in [6.45, 7) is 0.720. The Balaban J connectivity index is 1.39. The van der Waals surface area contributed by atoms with Gasteiger partial charge in [-0.1, -0.05) is 24.3 Å². The van der Waals surface area contributed by atoms with Gasteiger partial charge in [0.15, 0.2) is 0 Å². The molecule has 210 valence electrons. The van der Waals surface area contributed by atoms with Gasteiger partial charge in [0.1, 0.15) is 23.1 Å². The molecule has 1 aromatic carbocycles. The fourth-order valence-corrected chi connectivity index (χ4v) is 5.56. The zero-order valence-electron chi connectivity index (χ0n) is 22.3. The van der Waals surface area contributed by atoms with E-state index in [4.69, 9.17) is 15.6 Å². The SMILES string of the molecule is Nc1ncc2c3c1c(-c1ccc(C(=O)Nc4cc(F)ccn4)cc1)nn3[C@@H]1CCC[C@H](C1)NC(=O)CCOC/C=C/2. The third-order valence-corrected chi connectivity index (χ3v) is 7.51. The summed E-state index contributed by atoms with van der Waals surface area (Å²) in [6.07, 6.45) is 10.8. The molecule has 1 aliphatic carbocycles. The quantitative estimate of drug-likeness (QED) is 0.339. The lowest BCUT2D eigenvalue weighted by Gasteiger charge is -2.30. The van der Waals surface area contributed by atoms with Gasteiger partial charge in [0.2, 0.25) is 5.91 Å². The average Bonchev–Trinajstić information content (AvgIpc) is 3.38. The van der Waals surface area contributed by atoms with Gasteiger partial charge in [-0.3, -0.25) is 14.3 Å². The first-order chi connectivity index (χ1) is 20.0. The topological polar surface area (TPSA) is 137 Å². The first-order valence-corrected chi connectivity index (χ1v) is 13.7. The molecule has 2 amide bonds. The Kier molecular flexibility index (Phi) is 7.43. The van der Waals surface area contributed by atoms with Gasteiger partial charge in [0, 0.05) is 47.6 Å². The minimum atomic E-state index is -0.486. The van der Waals surface area contributed by atoms with Crippen LogP contribution in [0.4, 0.5) is 16.0 Å². The Hall–Kier alpha value is -4.64. The van der Waals surface area contributed by atoms with Gasteiger partial charge in [-0.05, 0) is 43.9 Å². The lowest BCUT2D eigenvalue weighted by molar-refractivity contribution is -0.123. The van der Waals surface area contributed by atoms with Crippen molar-refractivity contribution in [3.63, 3.8) is 0 Å². The number of halogens is 1. The molecule has 4 heterocycles. The fraction of sp³-hybridized carbons (Fsp3) is 0.300. The monoisotopic (exact) mass is 555 g/mol. The molecular weight excluding hydrogens is 525 g/mol. The van der Waals surface area contributed by atoms with Crippen molar-refractivity contribution in [1.29, 1.82) is 0 Å². The molecule has 0 unspecified atom stereocenters. The number of nitrogens with zero attached hydrogens (tertiary/aromatic N) is 4. The molecule has 0 saturated heterocycles. The highest BCUT2D eigenvalue weighted by Gasteiger charge is 2.29. The summed E-state index contributed by atoms with van der Waals surface area (Å²) in [5.41, 5.74) is 10.0. The molecule has 6 rings (SSSR count). The van der Waals surface area contributed by atoms with Crippen molar-refractivity contribution < 1.29 is 18.7 Å². The summed E-state index contributed by atoms with van der Waals surface area (Å²) in [6, 6.07) is 9.46. The van der Waals surface area contributed by atoms with Crippen LogP contribution in [0.3, 0.4) is 0 Å². The van der Waals surface area contributed by atoms with Crippen LogP contribution in [-0.4, -0.2) is 50.8 Å². The first kappa shape index (κ1) is 26.6.